The Labute approximate surface area is 164 Å². The molecular formula is C18H22Cl2NO4P. The van der Waals surface area contributed by atoms with E-state index >= 15 is 0 Å². The average Bonchev–Trinajstić information content (AvgIpc) is 2.65. The maximum Gasteiger partial charge on any atom is 0.356 e. The summed E-state index contributed by atoms with van der Waals surface area (Å²) in [6.45, 7) is 2.06. The molecule has 2 aromatic rings. The molecular weight excluding hydrogens is 396 g/mol. The Hall–Kier alpha value is -1.23. The Morgan fingerprint density at radius 2 is 1.81 bits per heavy atom. The normalized spacial score (nSPS) is 12.7. The molecule has 142 valence electrons. The van der Waals surface area contributed by atoms with E-state index in [2.05, 4.69) is 12.2 Å². The van der Waals surface area contributed by atoms with Crippen LogP contribution in [0, 0.1) is 0 Å². The maximum atomic E-state index is 13.3. The molecule has 0 bridgehead atoms. The van der Waals surface area contributed by atoms with Crippen LogP contribution in [0.2, 0.25) is 10.0 Å². The van der Waals surface area contributed by atoms with Crippen molar-refractivity contribution in [1.82, 2.24) is 0 Å². The van der Waals surface area contributed by atoms with Crippen LogP contribution < -0.4 is 10.1 Å². The van der Waals surface area contributed by atoms with E-state index in [0.29, 0.717) is 21.4 Å². The summed E-state index contributed by atoms with van der Waals surface area (Å²) in [5, 5.41) is 3.93. The zero-order valence-corrected chi connectivity index (χ0v) is 17.5. The molecule has 0 aliphatic rings. The number of rotatable bonds is 8. The van der Waals surface area contributed by atoms with Crippen molar-refractivity contribution < 1.29 is 18.3 Å². The van der Waals surface area contributed by atoms with Gasteiger partial charge in [0.05, 0.1) is 12.1 Å². The van der Waals surface area contributed by atoms with Crippen LogP contribution in [0.3, 0.4) is 0 Å². The van der Waals surface area contributed by atoms with Gasteiger partial charge in [-0.15, -0.1) is 0 Å². The van der Waals surface area contributed by atoms with E-state index in [4.69, 9.17) is 37.0 Å². The minimum Gasteiger partial charge on any atom is -0.495 e. The molecule has 1 atom stereocenters. The van der Waals surface area contributed by atoms with E-state index in [1.165, 1.54) is 21.3 Å². The highest BCUT2D eigenvalue weighted by atomic mass is 35.5. The summed E-state index contributed by atoms with van der Waals surface area (Å²) in [6.07, 6.45) is 0.874. The van der Waals surface area contributed by atoms with Gasteiger partial charge in [-0.05, 0) is 36.2 Å². The van der Waals surface area contributed by atoms with Gasteiger partial charge in [-0.1, -0.05) is 42.3 Å². The zero-order chi connectivity index (χ0) is 19.3. The molecule has 1 unspecified atom stereocenters. The van der Waals surface area contributed by atoms with Crippen LogP contribution in [-0.4, -0.2) is 21.3 Å². The molecule has 0 saturated carbocycles. The molecule has 1 N–H and O–H groups in total. The highest BCUT2D eigenvalue weighted by Gasteiger charge is 2.38. The number of anilines is 1. The number of aryl methyl sites for hydroxylation is 1. The second-order valence-corrected chi connectivity index (χ2v) is 8.69. The fourth-order valence-corrected chi connectivity index (χ4v) is 4.65. The second-order valence-electron chi connectivity index (χ2n) is 5.52. The Morgan fingerprint density at radius 3 is 2.38 bits per heavy atom. The summed E-state index contributed by atoms with van der Waals surface area (Å²) in [5.41, 5.74) is 2.38. The fraction of sp³-hybridized carbons (Fsp3) is 0.333. The van der Waals surface area contributed by atoms with Crippen molar-refractivity contribution in [2.45, 2.75) is 19.1 Å². The van der Waals surface area contributed by atoms with E-state index in [1.807, 2.05) is 24.3 Å². The van der Waals surface area contributed by atoms with Crippen LogP contribution in [0.25, 0.3) is 0 Å². The monoisotopic (exact) mass is 417 g/mol. The lowest BCUT2D eigenvalue weighted by Gasteiger charge is -2.28. The quantitative estimate of drug-likeness (QED) is 0.521. The largest absolute Gasteiger partial charge is 0.495 e. The average molecular weight is 418 g/mol. The Balaban J connectivity index is 2.61. The first-order chi connectivity index (χ1) is 12.4. The van der Waals surface area contributed by atoms with Crippen molar-refractivity contribution >= 4 is 36.5 Å². The molecule has 0 heterocycles. The van der Waals surface area contributed by atoms with Crippen molar-refractivity contribution in [3.63, 3.8) is 0 Å². The van der Waals surface area contributed by atoms with Crippen LogP contribution in [0.15, 0.2) is 36.4 Å². The lowest BCUT2D eigenvalue weighted by Crippen LogP contribution is -2.15. The van der Waals surface area contributed by atoms with Gasteiger partial charge in [-0.25, -0.2) is 0 Å². The molecule has 26 heavy (non-hydrogen) atoms. The van der Waals surface area contributed by atoms with E-state index in [-0.39, 0.29) is 0 Å². The minimum atomic E-state index is -3.59. The third-order valence-corrected chi connectivity index (χ3v) is 6.56. The Kier molecular flexibility index (Phi) is 7.39. The maximum absolute atomic E-state index is 13.3. The molecule has 0 aromatic heterocycles. The third-order valence-electron chi connectivity index (χ3n) is 4.00. The summed E-state index contributed by atoms with van der Waals surface area (Å²) in [5.74, 6) is -0.509. The zero-order valence-electron chi connectivity index (χ0n) is 15.1. The number of benzene rings is 2. The van der Waals surface area contributed by atoms with Crippen LogP contribution in [-0.2, 0) is 20.0 Å². The second kappa shape index (κ2) is 9.12. The number of methoxy groups -OCH3 is 1. The van der Waals surface area contributed by atoms with E-state index in [1.54, 1.807) is 12.1 Å². The number of ether oxygens (including phenoxy) is 1. The highest BCUT2D eigenvalue weighted by molar-refractivity contribution is 7.54. The van der Waals surface area contributed by atoms with Gasteiger partial charge in [0, 0.05) is 30.5 Å². The molecule has 0 fully saturated rings. The van der Waals surface area contributed by atoms with Gasteiger partial charge >= 0.3 is 7.60 Å². The Morgan fingerprint density at radius 1 is 1.12 bits per heavy atom. The lowest BCUT2D eigenvalue weighted by atomic mass is 10.1. The molecule has 0 radical (unpaired) electrons. The molecule has 2 aromatic carbocycles. The van der Waals surface area contributed by atoms with Gasteiger partial charge in [0.25, 0.3) is 0 Å². The third kappa shape index (κ3) is 4.54. The van der Waals surface area contributed by atoms with Gasteiger partial charge in [-0.3, -0.25) is 4.57 Å². The molecule has 5 nitrogen and oxygen atoms in total. The number of hydrogen-bond acceptors (Lipinski definition) is 5. The van der Waals surface area contributed by atoms with Crippen molar-refractivity contribution in [2.24, 2.45) is 0 Å². The molecule has 0 amide bonds. The topological polar surface area (TPSA) is 56.8 Å². The predicted octanol–water partition coefficient (Wildman–Crippen LogP) is 6.16. The summed E-state index contributed by atoms with van der Waals surface area (Å²) in [7, 11) is 0.560. The van der Waals surface area contributed by atoms with Crippen molar-refractivity contribution in [3.05, 3.63) is 57.6 Å². The highest BCUT2D eigenvalue weighted by Crippen LogP contribution is 2.61. The molecule has 0 aliphatic carbocycles. The molecule has 0 saturated heterocycles. The summed E-state index contributed by atoms with van der Waals surface area (Å²) < 4.78 is 29.1. The van der Waals surface area contributed by atoms with Crippen LogP contribution in [0.5, 0.6) is 5.75 Å². The smallest absolute Gasteiger partial charge is 0.356 e. The van der Waals surface area contributed by atoms with Crippen molar-refractivity contribution in [3.8, 4) is 5.75 Å². The van der Waals surface area contributed by atoms with E-state index < -0.39 is 13.4 Å². The van der Waals surface area contributed by atoms with Gasteiger partial charge in [0.15, 0.2) is 5.78 Å². The van der Waals surface area contributed by atoms with Crippen molar-refractivity contribution in [2.75, 3.05) is 26.6 Å². The first-order valence-electron chi connectivity index (χ1n) is 7.98. The summed E-state index contributed by atoms with van der Waals surface area (Å²) in [4.78, 5) is 0. The first-order valence-corrected chi connectivity index (χ1v) is 10.3. The molecule has 2 rings (SSSR count). The molecule has 0 aliphatic heterocycles. The van der Waals surface area contributed by atoms with Crippen LogP contribution in [0.4, 0.5) is 5.69 Å². The van der Waals surface area contributed by atoms with Gasteiger partial charge < -0.3 is 19.1 Å². The van der Waals surface area contributed by atoms with Gasteiger partial charge in [0.1, 0.15) is 5.75 Å². The molecule has 0 spiro atoms. The predicted molar refractivity (Wildman–Crippen MR) is 107 cm³/mol. The Bertz CT molecular complexity index is 808. The SMILES string of the molecule is CCc1cccc(NC(c2cc(Cl)cc(Cl)c2OC)P(=O)(OC)OC)c1. The standard InChI is InChI=1S/C18H22Cl2NO4P/c1-5-12-7-6-8-14(9-12)21-18(26(22,24-3)25-4)15-10-13(19)11-16(20)17(15)23-2/h6-11,18,21H,5H2,1-4H3. The van der Waals surface area contributed by atoms with E-state index in [0.717, 1.165) is 17.7 Å². The van der Waals surface area contributed by atoms with Crippen molar-refractivity contribution in [1.29, 1.82) is 0 Å². The summed E-state index contributed by atoms with van der Waals surface area (Å²) in [6, 6.07) is 11.0. The van der Waals surface area contributed by atoms with E-state index in [9.17, 15) is 4.57 Å². The number of nitrogens with one attached hydrogen (secondary N) is 1. The van der Waals surface area contributed by atoms with Gasteiger partial charge in [0.2, 0.25) is 0 Å². The minimum absolute atomic E-state index is 0.308. The number of halogens is 2. The molecule has 8 heteroatoms. The first kappa shape index (κ1) is 21.1. The van der Waals surface area contributed by atoms with Gasteiger partial charge in [-0.2, -0.15) is 0 Å². The summed E-state index contributed by atoms with van der Waals surface area (Å²) >= 11 is 12.4. The fourth-order valence-electron chi connectivity index (χ4n) is 2.65. The van der Waals surface area contributed by atoms with Crippen LogP contribution >= 0.6 is 30.8 Å². The lowest BCUT2D eigenvalue weighted by molar-refractivity contribution is 0.267. The number of hydrogen-bond donors (Lipinski definition) is 1. The van der Waals surface area contributed by atoms with Crippen LogP contribution in [0.1, 0.15) is 23.8 Å².